The maximum Gasteiger partial charge on any atom is 0 e. The van der Waals surface area contributed by atoms with Gasteiger partial charge in [-0.25, -0.2) is 11.5 Å². The molecule has 0 aromatic rings. The van der Waals surface area contributed by atoms with Crippen molar-refractivity contribution >= 4 is 0 Å². The zero-order chi connectivity index (χ0) is 10.4. The van der Waals surface area contributed by atoms with Gasteiger partial charge in [0.15, 0.2) is 0 Å². The molecule has 1 aliphatic rings. The van der Waals surface area contributed by atoms with E-state index >= 15 is 0 Å². The summed E-state index contributed by atoms with van der Waals surface area (Å²) in [4.78, 5) is 0. The van der Waals surface area contributed by atoms with Gasteiger partial charge in [-0.05, 0) is 6.92 Å². The van der Waals surface area contributed by atoms with Gasteiger partial charge in [0.05, 0.1) is 0 Å². The van der Waals surface area contributed by atoms with E-state index in [2.05, 4.69) is 48.5 Å². The van der Waals surface area contributed by atoms with Gasteiger partial charge < -0.3 is 0 Å². The van der Waals surface area contributed by atoms with Gasteiger partial charge in [-0.15, -0.1) is 19.4 Å². The maximum absolute atomic E-state index is 2.32. The van der Waals surface area contributed by atoms with Gasteiger partial charge in [0.25, 0.3) is 0 Å². The van der Waals surface area contributed by atoms with E-state index in [1.165, 1.54) is 28.2 Å². The minimum atomic E-state index is 0. The van der Waals surface area contributed by atoms with Gasteiger partial charge in [0, 0.05) is 32.7 Å². The van der Waals surface area contributed by atoms with Crippen LogP contribution in [0.3, 0.4) is 0 Å². The minimum Gasteiger partial charge on any atom is -0.210 e. The summed E-state index contributed by atoms with van der Waals surface area (Å²) in [5.41, 5.74) is 6.21. The fraction of sp³-hybridized carbons (Fsp3) is 0.615. The molecule has 1 rings (SSSR count). The largest absolute Gasteiger partial charge is 0.210 e. The fourth-order valence-electron chi connectivity index (χ4n) is 2.06. The molecule has 0 spiro atoms. The summed E-state index contributed by atoms with van der Waals surface area (Å²) in [6.07, 6.45) is 0. The zero-order valence-corrected chi connectivity index (χ0v) is 13.4. The number of rotatable bonds is 0. The third-order valence-electron chi connectivity index (χ3n) is 4.12. The Bertz CT molecular complexity index is 292. The van der Waals surface area contributed by atoms with Crippen molar-refractivity contribution in [3.63, 3.8) is 0 Å². The molecule has 0 atom stereocenters. The summed E-state index contributed by atoms with van der Waals surface area (Å²) in [5, 5.41) is 0. The van der Waals surface area contributed by atoms with Crippen LogP contribution in [0.15, 0.2) is 22.3 Å². The van der Waals surface area contributed by atoms with Crippen molar-refractivity contribution in [2.75, 3.05) is 0 Å². The SMILES string of the molecule is CC1=C(C)[C-](C)C(C)(C)C(C)=C1C.[Y]. The third-order valence-corrected chi connectivity index (χ3v) is 4.12. The van der Waals surface area contributed by atoms with E-state index in [9.17, 15) is 0 Å². The molecule has 0 bridgehead atoms. The topological polar surface area (TPSA) is 0 Å². The van der Waals surface area contributed by atoms with Gasteiger partial charge >= 0.3 is 0 Å². The van der Waals surface area contributed by atoms with Crippen LogP contribution in [0.25, 0.3) is 0 Å². The molecule has 1 aliphatic carbocycles. The molecule has 1 heteroatoms. The zero-order valence-electron chi connectivity index (χ0n) is 10.6. The second-order valence-electron chi connectivity index (χ2n) is 4.75. The summed E-state index contributed by atoms with van der Waals surface area (Å²) in [5.74, 6) is 1.52. The van der Waals surface area contributed by atoms with E-state index in [-0.39, 0.29) is 38.1 Å². The molecule has 0 N–H and O–H groups in total. The molecule has 0 heterocycles. The molecule has 0 amide bonds. The van der Waals surface area contributed by atoms with Crippen LogP contribution >= 0.6 is 0 Å². The molecule has 77 valence electrons. The van der Waals surface area contributed by atoms with Crippen LogP contribution in [0.5, 0.6) is 0 Å². The molecule has 0 nitrogen and oxygen atoms in total. The molecule has 0 aromatic heterocycles. The summed E-state index contributed by atoms with van der Waals surface area (Å²) in [6, 6.07) is 0. The Hall–Kier alpha value is 0.454. The standard InChI is InChI=1S/C13H21.Y/c1-8-9(2)11(4)13(6,7)12(5)10(8)3;/h1-7H3;/q-1;. The summed E-state index contributed by atoms with van der Waals surface area (Å²) < 4.78 is 0. The average Bonchev–Trinajstić information content (AvgIpc) is 2.09. The number of hydrogen-bond acceptors (Lipinski definition) is 0. The van der Waals surface area contributed by atoms with Gasteiger partial charge in [0.2, 0.25) is 0 Å². The van der Waals surface area contributed by atoms with E-state index in [1.54, 1.807) is 0 Å². The molecule has 0 fully saturated rings. The normalized spacial score (nSPS) is 21.2. The van der Waals surface area contributed by atoms with Crippen LogP contribution in [0, 0.1) is 11.3 Å². The van der Waals surface area contributed by atoms with Gasteiger partial charge in [0.1, 0.15) is 0 Å². The van der Waals surface area contributed by atoms with Crippen LogP contribution in [-0.2, 0) is 32.7 Å². The second-order valence-corrected chi connectivity index (χ2v) is 4.75. The molecular weight excluding hydrogens is 245 g/mol. The van der Waals surface area contributed by atoms with E-state index in [4.69, 9.17) is 0 Å². The molecule has 0 saturated heterocycles. The third kappa shape index (κ3) is 2.02. The Morgan fingerprint density at radius 2 is 1.36 bits per heavy atom. The number of allylic oxidation sites excluding steroid dienone is 4. The molecule has 14 heavy (non-hydrogen) atoms. The minimum absolute atomic E-state index is 0. The summed E-state index contributed by atoms with van der Waals surface area (Å²) >= 11 is 0. The van der Waals surface area contributed by atoms with Crippen molar-refractivity contribution in [2.45, 2.75) is 48.5 Å². The van der Waals surface area contributed by atoms with Gasteiger partial charge in [-0.3, -0.25) is 0 Å². The Morgan fingerprint density at radius 3 is 1.79 bits per heavy atom. The van der Waals surface area contributed by atoms with Crippen LogP contribution in [0.2, 0.25) is 0 Å². The van der Waals surface area contributed by atoms with Crippen LogP contribution < -0.4 is 0 Å². The number of hydrogen-bond donors (Lipinski definition) is 0. The van der Waals surface area contributed by atoms with E-state index in [0.29, 0.717) is 0 Å². The predicted octanol–water partition coefficient (Wildman–Crippen LogP) is 4.29. The summed E-state index contributed by atoms with van der Waals surface area (Å²) in [6.45, 7) is 15.9. The smallest absolute Gasteiger partial charge is 0 e. The fourth-order valence-corrected chi connectivity index (χ4v) is 2.06. The second kappa shape index (κ2) is 4.53. The van der Waals surface area contributed by atoms with Crippen molar-refractivity contribution < 1.29 is 32.7 Å². The predicted molar refractivity (Wildman–Crippen MR) is 59.4 cm³/mol. The first-order chi connectivity index (χ1) is 5.80. The Labute approximate surface area is 114 Å². The van der Waals surface area contributed by atoms with Crippen molar-refractivity contribution in [3.05, 3.63) is 28.2 Å². The molecular formula is C13H21Y-. The first-order valence-corrected chi connectivity index (χ1v) is 5.00. The van der Waals surface area contributed by atoms with Crippen LogP contribution in [-0.4, -0.2) is 0 Å². The maximum atomic E-state index is 2.32. The Balaban J connectivity index is 0.00000169. The molecule has 0 aliphatic heterocycles. The Morgan fingerprint density at radius 1 is 0.929 bits per heavy atom. The Kier molecular flexibility index (Phi) is 4.68. The molecule has 0 saturated carbocycles. The monoisotopic (exact) mass is 266 g/mol. The van der Waals surface area contributed by atoms with Gasteiger partial charge in [-0.2, -0.15) is 5.57 Å². The van der Waals surface area contributed by atoms with Crippen molar-refractivity contribution in [1.82, 2.24) is 0 Å². The van der Waals surface area contributed by atoms with Crippen LogP contribution in [0.1, 0.15) is 48.5 Å². The van der Waals surface area contributed by atoms with Crippen molar-refractivity contribution in [1.29, 1.82) is 0 Å². The quantitative estimate of drug-likeness (QED) is 0.574. The average molecular weight is 266 g/mol. The van der Waals surface area contributed by atoms with Crippen molar-refractivity contribution in [2.24, 2.45) is 5.41 Å². The van der Waals surface area contributed by atoms with E-state index in [1.807, 2.05) is 0 Å². The first-order valence-electron chi connectivity index (χ1n) is 5.00. The molecule has 0 aromatic carbocycles. The van der Waals surface area contributed by atoms with Crippen LogP contribution in [0.4, 0.5) is 0 Å². The summed E-state index contributed by atoms with van der Waals surface area (Å²) in [7, 11) is 0. The molecule has 0 unspecified atom stereocenters. The van der Waals surface area contributed by atoms with E-state index < -0.39 is 0 Å². The molecule has 1 radical (unpaired) electrons. The van der Waals surface area contributed by atoms with Gasteiger partial charge in [-0.1, -0.05) is 38.7 Å². The van der Waals surface area contributed by atoms with E-state index in [0.717, 1.165) is 0 Å². The van der Waals surface area contributed by atoms with Crippen molar-refractivity contribution in [3.8, 4) is 0 Å². The first kappa shape index (κ1) is 14.5.